The highest BCUT2D eigenvalue weighted by molar-refractivity contribution is 6.30. The Kier molecular flexibility index (Phi) is 6.00. The molecule has 0 spiro atoms. The first kappa shape index (κ1) is 21.4. The lowest BCUT2D eigenvalue weighted by Crippen LogP contribution is -2.36. The number of aromatic nitrogens is 2. The van der Waals surface area contributed by atoms with Crippen LogP contribution in [-0.2, 0) is 4.79 Å². The number of halogens is 1. The van der Waals surface area contributed by atoms with Crippen LogP contribution in [0.5, 0.6) is 5.88 Å². The predicted octanol–water partition coefficient (Wildman–Crippen LogP) is 3.49. The van der Waals surface area contributed by atoms with Gasteiger partial charge < -0.3 is 5.11 Å². The molecule has 2 heterocycles. The molecule has 164 valence electrons. The molecule has 2 aliphatic rings. The average Bonchev–Trinajstić information content (AvgIpc) is 3.19. The second kappa shape index (κ2) is 8.70. The number of hydrazone groups is 1. The molecule has 1 atom stereocenters. The molecule has 31 heavy (non-hydrogen) atoms. The Morgan fingerprint density at radius 2 is 1.87 bits per heavy atom. The van der Waals surface area contributed by atoms with Crippen molar-refractivity contribution in [1.29, 1.82) is 0 Å². The van der Waals surface area contributed by atoms with Crippen molar-refractivity contribution in [2.45, 2.75) is 64.0 Å². The van der Waals surface area contributed by atoms with Gasteiger partial charge in [0, 0.05) is 23.9 Å². The molecule has 0 bridgehead atoms. The van der Waals surface area contributed by atoms with Crippen LogP contribution in [0.4, 0.5) is 0 Å². The Bertz CT molecular complexity index is 1130. The second-order valence-corrected chi connectivity index (χ2v) is 8.47. The van der Waals surface area contributed by atoms with Gasteiger partial charge in [-0.05, 0) is 30.5 Å². The molecule has 9 heteroatoms. The van der Waals surface area contributed by atoms with Gasteiger partial charge in [-0.25, -0.2) is 9.80 Å². The van der Waals surface area contributed by atoms with E-state index in [1.807, 2.05) is 12.1 Å². The number of nitrogens with zero attached hydrogens (tertiary/aromatic N) is 3. The lowest BCUT2D eigenvalue weighted by atomic mass is 9.95. The Morgan fingerprint density at radius 3 is 2.52 bits per heavy atom. The number of H-pyrrole nitrogens is 1. The summed E-state index contributed by atoms with van der Waals surface area (Å²) in [5.74, 6) is -0.577. The van der Waals surface area contributed by atoms with E-state index in [9.17, 15) is 19.5 Å². The highest BCUT2D eigenvalue weighted by Crippen LogP contribution is 2.36. The Hall–Kier alpha value is -2.87. The maximum absolute atomic E-state index is 12.7. The Labute approximate surface area is 184 Å². The molecule has 1 aliphatic heterocycles. The third-order valence-electron chi connectivity index (χ3n) is 6.07. The lowest BCUT2D eigenvalue weighted by Gasteiger charge is -2.25. The zero-order chi connectivity index (χ0) is 22.1. The predicted molar refractivity (Wildman–Crippen MR) is 118 cm³/mol. The Morgan fingerprint density at radius 1 is 1.19 bits per heavy atom. The summed E-state index contributed by atoms with van der Waals surface area (Å²) in [4.78, 5) is 40.1. The van der Waals surface area contributed by atoms with Gasteiger partial charge in [-0.2, -0.15) is 5.10 Å². The van der Waals surface area contributed by atoms with Crippen LogP contribution in [0.2, 0.25) is 5.02 Å². The summed E-state index contributed by atoms with van der Waals surface area (Å²) in [6.45, 7) is 1.74. The van der Waals surface area contributed by atoms with Crippen LogP contribution in [0.1, 0.15) is 75.1 Å². The van der Waals surface area contributed by atoms with Crippen LogP contribution >= 0.6 is 11.6 Å². The SMILES string of the molecule is CCC(=O)N1N=C(c2c(O)n(C3CCCCC3)c(=O)[nH]c2=O)CC1c1ccc(Cl)cc1. The van der Waals surface area contributed by atoms with Crippen LogP contribution in [-0.4, -0.2) is 31.3 Å². The summed E-state index contributed by atoms with van der Waals surface area (Å²) in [7, 11) is 0. The van der Waals surface area contributed by atoms with Crippen molar-refractivity contribution >= 4 is 23.2 Å². The zero-order valence-electron chi connectivity index (χ0n) is 17.3. The molecule has 2 aromatic rings. The van der Waals surface area contributed by atoms with Crippen LogP contribution in [0.25, 0.3) is 0 Å². The topological polar surface area (TPSA) is 108 Å². The number of hydrogen-bond acceptors (Lipinski definition) is 5. The minimum atomic E-state index is -0.700. The minimum Gasteiger partial charge on any atom is -0.494 e. The number of aromatic hydroxyl groups is 1. The molecule has 1 aromatic carbocycles. The lowest BCUT2D eigenvalue weighted by molar-refractivity contribution is -0.132. The van der Waals surface area contributed by atoms with E-state index in [-0.39, 0.29) is 41.9 Å². The summed E-state index contributed by atoms with van der Waals surface area (Å²) < 4.78 is 1.28. The summed E-state index contributed by atoms with van der Waals surface area (Å²) in [5, 5.41) is 17.3. The normalized spacial score (nSPS) is 19.5. The molecule has 4 rings (SSSR count). The number of nitrogens with one attached hydrogen (secondary N) is 1. The number of aromatic amines is 1. The van der Waals surface area contributed by atoms with E-state index in [4.69, 9.17) is 11.6 Å². The number of carbonyl (C=O) groups is 1. The van der Waals surface area contributed by atoms with Gasteiger partial charge in [-0.1, -0.05) is 49.9 Å². The van der Waals surface area contributed by atoms with Crippen molar-refractivity contribution in [2.24, 2.45) is 5.10 Å². The molecular formula is C22H25ClN4O4. The number of benzene rings is 1. The molecule has 0 saturated heterocycles. The van der Waals surface area contributed by atoms with E-state index in [0.29, 0.717) is 5.02 Å². The minimum absolute atomic E-state index is 0.0458. The smallest absolute Gasteiger partial charge is 0.331 e. The summed E-state index contributed by atoms with van der Waals surface area (Å²) in [6, 6.07) is 6.50. The molecule has 1 aromatic heterocycles. The number of amides is 1. The fourth-order valence-corrected chi connectivity index (χ4v) is 4.60. The quantitative estimate of drug-likeness (QED) is 0.752. The molecule has 2 N–H and O–H groups in total. The summed E-state index contributed by atoms with van der Waals surface area (Å²) in [6.07, 6.45) is 5.02. The van der Waals surface area contributed by atoms with Gasteiger partial charge in [0.15, 0.2) is 0 Å². The summed E-state index contributed by atoms with van der Waals surface area (Å²) in [5.41, 5.74) is -0.261. The molecule has 1 amide bonds. The van der Waals surface area contributed by atoms with Crippen molar-refractivity contribution < 1.29 is 9.90 Å². The maximum atomic E-state index is 12.7. The van der Waals surface area contributed by atoms with E-state index in [1.165, 1.54) is 9.58 Å². The van der Waals surface area contributed by atoms with E-state index >= 15 is 0 Å². The first-order valence-electron chi connectivity index (χ1n) is 10.6. The van der Waals surface area contributed by atoms with Gasteiger partial charge in [0.2, 0.25) is 11.8 Å². The fraction of sp³-hybridized carbons (Fsp3) is 0.455. The van der Waals surface area contributed by atoms with Crippen LogP contribution in [0.3, 0.4) is 0 Å². The van der Waals surface area contributed by atoms with Gasteiger partial charge >= 0.3 is 5.69 Å². The van der Waals surface area contributed by atoms with Gasteiger partial charge in [-0.15, -0.1) is 0 Å². The van der Waals surface area contributed by atoms with E-state index in [0.717, 1.165) is 37.7 Å². The van der Waals surface area contributed by atoms with E-state index in [1.54, 1.807) is 19.1 Å². The molecule has 8 nitrogen and oxygen atoms in total. The average molecular weight is 445 g/mol. The van der Waals surface area contributed by atoms with Gasteiger partial charge in [0.1, 0.15) is 5.56 Å². The largest absolute Gasteiger partial charge is 0.494 e. The molecular weight excluding hydrogens is 420 g/mol. The molecule has 1 aliphatic carbocycles. The van der Waals surface area contributed by atoms with Crippen molar-refractivity contribution in [3.05, 3.63) is 61.3 Å². The van der Waals surface area contributed by atoms with E-state index < -0.39 is 17.3 Å². The van der Waals surface area contributed by atoms with E-state index in [2.05, 4.69) is 10.1 Å². The van der Waals surface area contributed by atoms with Crippen LogP contribution in [0, 0.1) is 0 Å². The van der Waals surface area contributed by atoms with Crippen LogP contribution in [0.15, 0.2) is 39.0 Å². The monoisotopic (exact) mass is 444 g/mol. The molecule has 1 saturated carbocycles. The molecule has 1 unspecified atom stereocenters. The highest BCUT2D eigenvalue weighted by atomic mass is 35.5. The zero-order valence-corrected chi connectivity index (χ0v) is 18.1. The number of rotatable bonds is 4. The Balaban J connectivity index is 1.78. The first-order valence-corrected chi connectivity index (χ1v) is 11.0. The first-order chi connectivity index (χ1) is 14.9. The fourth-order valence-electron chi connectivity index (χ4n) is 4.47. The van der Waals surface area contributed by atoms with Crippen LogP contribution < -0.4 is 11.2 Å². The third-order valence-corrected chi connectivity index (χ3v) is 6.32. The molecule has 0 radical (unpaired) electrons. The molecule has 1 fully saturated rings. The number of carbonyl (C=O) groups excluding carboxylic acids is 1. The van der Waals surface area contributed by atoms with Crippen molar-refractivity contribution in [1.82, 2.24) is 14.6 Å². The van der Waals surface area contributed by atoms with Gasteiger partial charge in [0.25, 0.3) is 5.56 Å². The maximum Gasteiger partial charge on any atom is 0.331 e. The number of hydrogen-bond donors (Lipinski definition) is 2. The summed E-state index contributed by atoms with van der Waals surface area (Å²) >= 11 is 6.00. The second-order valence-electron chi connectivity index (χ2n) is 8.03. The highest BCUT2D eigenvalue weighted by Gasteiger charge is 2.35. The van der Waals surface area contributed by atoms with Gasteiger partial charge in [-0.3, -0.25) is 19.1 Å². The standard InChI is InChI=1S/C22H25ClN4O4/c1-2-18(28)27-17(13-8-10-14(23)11-9-13)12-16(25-27)19-20(29)24-22(31)26(21(19)30)15-6-4-3-5-7-15/h8-11,15,17,30H,2-7,12H2,1H3,(H,24,29,31). The van der Waals surface area contributed by atoms with Crippen molar-refractivity contribution in [3.63, 3.8) is 0 Å². The third kappa shape index (κ3) is 4.04. The van der Waals surface area contributed by atoms with Crippen molar-refractivity contribution in [3.8, 4) is 5.88 Å². The van der Waals surface area contributed by atoms with Gasteiger partial charge in [0.05, 0.1) is 11.8 Å². The van der Waals surface area contributed by atoms with Crippen molar-refractivity contribution in [2.75, 3.05) is 0 Å².